The normalized spacial score (nSPS) is 30.0. The Morgan fingerprint density at radius 1 is 1.08 bits per heavy atom. The van der Waals surface area contributed by atoms with Crippen LogP contribution in [0.5, 0.6) is 0 Å². The van der Waals surface area contributed by atoms with Crippen LogP contribution < -0.4 is 0 Å². The highest BCUT2D eigenvalue weighted by atomic mass is 16.9. The second-order valence-electron chi connectivity index (χ2n) is 5.24. The van der Waals surface area contributed by atoms with Crippen molar-refractivity contribution in [3.63, 3.8) is 0 Å². The number of hydrogen-bond acceptors (Lipinski definition) is 2. The van der Waals surface area contributed by atoms with Crippen LogP contribution in [0.4, 0.5) is 0 Å². The lowest BCUT2D eigenvalue weighted by atomic mass is 9.81. The van der Waals surface area contributed by atoms with E-state index in [1.54, 1.807) is 7.11 Å². The third-order valence-electron chi connectivity index (χ3n) is 3.48. The highest BCUT2D eigenvalue weighted by Gasteiger charge is 2.59. The lowest BCUT2D eigenvalue weighted by Crippen LogP contribution is -2.70. The monoisotopic (exact) mass is 188 g/mol. The lowest BCUT2D eigenvalue weighted by molar-refractivity contribution is -1.30. The second kappa shape index (κ2) is 2.94. The molecule has 0 atom stereocenters. The van der Waals surface area contributed by atoms with E-state index in [4.69, 9.17) is 4.84 Å². The Bertz CT molecular complexity index is 183. The maximum Gasteiger partial charge on any atom is 0.157 e. The highest BCUT2D eigenvalue weighted by molar-refractivity contribution is 4.81. The van der Waals surface area contributed by atoms with Gasteiger partial charge in [-0.3, -0.25) is 0 Å². The molecule has 1 aliphatic heterocycles. The molecule has 0 aromatic heterocycles. The summed E-state index contributed by atoms with van der Waals surface area (Å²) in [7, 11) is 1.58. The average Bonchev–Trinajstić information content (AvgIpc) is 1.99. The van der Waals surface area contributed by atoms with E-state index in [-0.39, 0.29) is 15.9 Å². The van der Waals surface area contributed by atoms with Gasteiger partial charge in [-0.15, -0.1) is 0 Å². The van der Waals surface area contributed by atoms with Crippen molar-refractivity contribution in [2.24, 2.45) is 0 Å². The maximum absolute atomic E-state index is 10.5. The van der Waals surface area contributed by atoms with E-state index in [1.807, 2.05) is 0 Å². The molecule has 0 spiro atoms. The molecule has 3 heteroatoms. The topological polar surface area (TPSA) is 29.5 Å². The number of hydroxylamine groups is 4. The van der Waals surface area contributed by atoms with Gasteiger partial charge in [0.25, 0.3) is 0 Å². The molecule has 1 rings (SSSR count). The van der Waals surface area contributed by atoms with Gasteiger partial charge >= 0.3 is 0 Å². The molecular weight excluding hydrogens is 166 g/mol. The molecule has 0 bridgehead atoms. The zero-order valence-corrected chi connectivity index (χ0v) is 9.42. The first kappa shape index (κ1) is 11.0. The minimum Gasteiger partial charge on any atom is -0.181 e. The SMILES string of the molecule is CO[N+]1(O)C(C)(C)CCCC1(C)C. The van der Waals surface area contributed by atoms with Gasteiger partial charge in [0.15, 0.2) is 11.1 Å². The fourth-order valence-corrected chi connectivity index (χ4v) is 2.57. The van der Waals surface area contributed by atoms with Crippen LogP contribution in [0.25, 0.3) is 0 Å². The molecule has 0 aromatic carbocycles. The Morgan fingerprint density at radius 3 is 1.69 bits per heavy atom. The molecule has 0 aliphatic carbocycles. The molecule has 0 amide bonds. The van der Waals surface area contributed by atoms with Crippen molar-refractivity contribution >= 4 is 0 Å². The van der Waals surface area contributed by atoms with Crippen molar-refractivity contribution in [2.45, 2.75) is 58.0 Å². The summed E-state index contributed by atoms with van der Waals surface area (Å²) in [6.45, 7) is 8.21. The molecule has 1 N–H and O–H groups in total. The molecule has 0 radical (unpaired) electrons. The van der Waals surface area contributed by atoms with E-state index in [0.717, 1.165) is 19.3 Å². The van der Waals surface area contributed by atoms with Crippen LogP contribution in [0.2, 0.25) is 0 Å². The van der Waals surface area contributed by atoms with E-state index >= 15 is 0 Å². The molecule has 0 unspecified atom stereocenters. The van der Waals surface area contributed by atoms with E-state index in [0.29, 0.717) is 0 Å². The van der Waals surface area contributed by atoms with Gasteiger partial charge in [-0.1, -0.05) is 0 Å². The van der Waals surface area contributed by atoms with Gasteiger partial charge in [0.05, 0.1) is 7.11 Å². The van der Waals surface area contributed by atoms with Gasteiger partial charge in [0, 0.05) is 12.8 Å². The van der Waals surface area contributed by atoms with Crippen LogP contribution in [-0.2, 0) is 4.84 Å². The van der Waals surface area contributed by atoms with Crippen molar-refractivity contribution in [2.75, 3.05) is 7.11 Å². The van der Waals surface area contributed by atoms with E-state index in [1.165, 1.54) is 0 Å². The van der Waals surface area contributed by atoms with Gasteiger partial charge in [-0.25, -0.2) is 0 Å². The summed E-state index contributed by atoms with van der Waals surface area (Å²) in [6, 6.07) is 0. The number of hydrogen-bond donors (Lipinski definition) is 1. The van der Waals surface area contributed by atoms with Crippen LogP contribution in [0.3, 0.4) is 0 Å². The number of piperidine rings is 1. The predicted octanol–water partition coefficient (Wildman–Crippen LogP) is 2.49. The molecule has 1 heterocycles. The standard InChI is InChI=1S/C10H22NO2/c1-9(2)7-6-8-10(3,4)11(9,12)13-5/h12H,6-8H2,1-5H3/q+1. The minimum atomic E-state index is -0.278. The minimum absolute atomic E-state index is 0.212. The number of quaternary nitrogens is 1. The molecule has 1 aliphatic rings. The van der Waals surface area contributed by atoms with Gasteiger partial charge in [0.1, 0.15) is 0 Å². The molecular formula is C10H22NO2+. The van der Waals surface area contributed by atoms with Crippen LogP contribution in [0.1, 0.15) is 47.0 Å². The molecule has 1 fully saturated rings. The lowest BCUT2D eigenvalue weighted by Gasteiger charge is -2.52. The second-order valence-corrected chi connectivity index (χ2v) is 5.24. The zero-order chi connectivity index (χ0) is 10.3. The number of rotatable bonds is 1. The molecule has 1 saturated heterocycles. The summed E-state index contributed by atoms with van der Waals surface area (Å²) in [5.74, 6) is 0. The number of nitrogens with zero attached hydrogens (tertiary/aromatic N) is 1. The fraction of sp³-hybridized carbons (Fsp3) is 1.00. The van der Waals surface area contributed by atoms with Crippen LogP contribution >= 0.6 is 0 Å². The van der Waals surface area contributed by atoms with E-state index in [2.05, 4.69) is 27.7 Å². The van der Waals surface area contributed by atoms with Gasteiger partial charge in [-0.2, -0.15) is 10.0 Å². The highest BCUT2D eigenvalue weighted by Crippen LogP contribution is 2.43. The Morgan fingerprint density at radius 2 is 1.46 bits per heavy atom. The van der Waals surface area contributed by atoms with E-state index < -0.39 is 0 Å². The van der Waals surface area contributed by atoms with Crippen molar-refractivity contribution < 1.29 is 14.9 Å². The summed E-state index contributed by atoms with van der Waals surface area (Å²) in [6.07, 6.45) is 3.16. The average molecular weight is 188 g/mol. The van der Waals surface area contributed by atoms with Gasteiger partial charge in [0.2, 0.25) is 0 Å². The summed E-state index contributed by atoms with van der Waals surface area (Å²) < 4.78 is 0. The summed E-state index contributed by atoms with van der Waals surface area (Å²) >= 11 is 0. The Kier molecular flexibility index (Phi) is 2.48. The predicted molar refractivity (Wildman–Crippen MR) is 51.1 cm³/mol. The van der Waals surface area contributed by atoms with Crippen molar-refractivity contribution in [3.05, 3.63) is 0 Å². The van der Waals surface area contributed by atoms with Crippen molar-refractivity contribution in [3.8, 4) is 0 Å². The van der Waals surface area contributed by atoms with E-state index in [9.17, 15) is 5.21 Å². The largest absolute Gasteiger partial charge is 0.181 e. The molecule has 78 valence electrons. The first-order chi connectivity index (χ1) is 5.77. The fourth-order valence-electron chi connectivity index (χ4n) is 2.57. The molecule has 0 saturated carbocycles. The third-order valence-corrected chi connectivity index (χ3v) is 3.48. The zero-order valence-electron chi connectivity index (χ0n) is 9.42. The Hall–Kier alpha value is -0.120. The van der Waals surface area contributed by atoms with Gasteiger partial charge < -0.3 is 0 Å². The van der Waals surface area contributed by atoms with Crippen LogP contribution in [0.15, 0.2) is 0 Å². The Balaban J connectivity index is 3.05. The Labute approximate surface area is 80.8 Å². The summed E-state index contributed by atoms with van der Waals surface area (Å²) in [5.41, 5.74) is -0.424. The van der Waals surface area contributed by atoms with Crippen molar-refractivity contribution in [1.29, 1.82) is 0 Å². The first-order valence-corrected chi connectivity index (χ1v) is 4.95. The third kappa shape index (κ3) is 1.39. The molecule has 3 nitrogen and oxygen atoms in total. The van der Waals surface area contributed by atoms with Crippen LogP contribution in [0, 0.1) is 0 Å². The summed E-state index contributed by atoms with van der Waals surface area (Å²) in [5, 5.41) is 10.5. The summed E-state index contributed by atoms with van der Waals surface area (Å²) in [4.78, 5) is 5.02. The first-order valence-electron chi connectivity index (χ1n) is 4.95. The molecule has 13 heavy (non-hydrogen) atoms. The van der Waals surface area contributed by atoms with Gasteiger partial charge in [-0.05, 0) is 38.9 Å². The maximum atomic E-state index is 10.5. The quantitative estimate of drug-likeness (QED) is 0.641. The van der Waals surface area contributed by atoms with Crippen molar-refractivity contribution in [1.82, 2.24) is 0 Å². The molecule has 0 aromatic rings. The van der Waals surface area contributed by atoms with Crippen LogP contribution in [-0.4, -0.2) is 28.2 Å². The smallest absolute Gasteiger partial charge is 0.157 e.